The van der Waals surface area contributed by atoms with Gasteiger partial charge in [-0.2, -0.15) is 0 Å². The van der Waals surface area contributed by atoms with E-state index in [9.17, 15) is 13.8 Å². The molecule has 2 fully saturated rings. The van der Waals surface area contributed by atoms with Gasteiger partial charge in [0, 0.05) is 80.9 Å². The summed E-state index contributed by atoms with van der Waals surface area (Å²) in [4.78, 5) is 32.9. The number of amides is 2. The molecule has 1 N–H and O–H groups in total. The second-order valence-corrected chi connectivity index (χ2v) is 19.9. The lowest BCUT2D eigenvalue weighted by molar-refractivity contribution is 0.0131. The normalized spacial score (nSPS) is 29.7. The number of aryl methyl sites for hydroxylation is 2. The van der Waals surface area contributed by atoms with Crippen molar-refractivity contribution < 1.29 is 28.0 Å². The molecule has 13 heteroatoms. The lowest BCUT2D eigenvalue weighted by Gasteiger charge is -2.46. The van der Waals surface area contributed by atoms with Gasteiger partial charge in [-0.3, -0.25) is 19.2 Å². The van der Waals surface area contributed by atoms with Crippen LogP contribution in [0.3, 0.4) is 0 Å². The first-order valence-electron chi connectivity index (χ1n) is 21.0. The number of halogens is 1. The van der Waals surface area contributed by atoms with Crippen molar-refractivity contribution in [3.05, 3.63) is 93.8 Å². The summed E-state index contributed by atoms with van der Waals surface area (Å²) in [7, 11) is 2.22. The Hall–Kier alpha value is -3.68. The first-order chi connectivity index (χ1) is 27.9. The molecule has 5 aliphatic rings. The molecule has 1 saturated carbocycles. The third-order valence-corrected chi connectivity index (χ3v) is 15.6. The zero-order chi connectivity index (χ0) is 40.6. The summed E-state index contributed by atoms with van der Waals surface area (Å²) in [5.41, 5.74) is 4.74. The topological polar surface area (TPSA) is 115 Å². The van der Waals surface area contributed by atoms with Gasteiger partial charge in [0.25, 0.3) is 11.8 Å². The van der Waals surface area contributed by atoms with Crippen LogP contribution in [0.5, 0.6) is 5.75 Å². The quantitative estimate of drug-likeness (QED) is 0.257. The summed E-state index contributed by atoms with van der Waals surface area (Å²) < 4.78 is 42.3. The van der Waals surface area contributed by atoms with Gasteiger partial charge in [0.05, 0.1) is 29.7 Å². The number of carbonyl (C=O) groups is 2. The predicted molar refractivity (Wildman–Crippen MR) is 228 cm³/mol. The van der Waals surface area contributed by atoms with Crippen molar-refractivity contribution in [1.29, 1.82) is 0 Å². The monoisotopic (exact) mass is 831 g/mol. The van der Waals surface area contributed by atoms with Gasteiger partial charge >= 0.3 is 0 Å². The van der Waals surface area contributed by atoms with E-state index in [2.05, 4.69) is 50.2 Å². The molecule has 58 heavy (non-hydrogen) atoms. The van der Waals surface area contributed by atoms with Crippen molar-refractivity contribution >= 4 is 39.0 Å². The number of rotatable bonds is 6. The minimum Gasteiger partial charge on any atom is -0.490 e. The number of benzene rings is 2. The first kappa shape index (κ1) is 41.1. The Morgan fingerprint density at radius 3 is 2.74 bits per heavy atom. The van der Waals surface area contributed by atoms with Gasteiger partial charge in [0.15, 0.2) is 0 Å². The maximum Gasteiger partial charge on any atom is 0.286 e. The van der Waals surface area contributed by atoms with Gasteiger partial charge in [0.2, 0.25) is 0 Å². The molecule has 11 nitrogen and oxygen atoms in total. The minimum atomic E-state index is -3.56. The fourth-order valence-electron chi connectivity index (χ4n) is 9.97. The lowest BCUT2D eigenvalue weighted by Crippen LogP contribution is -2.49. The van der Waals surface area contributed by atoms with Gasteiger partial charge in [-0.15, -0.1) is 4.36 Å². The highest BCUT2D eigenvalue weighted by molar-refractivity contribution is 7.92. The summed E-state index contributed by atoms with van der Waals surface area (Å²) in [5, 5.41) is 0.742. The average Bonchev–Trinajstić information content (AvgIpc) is 3.49. The first-order valence-corrected chi connectivity index (χ1v) is 23.0. The number of hydrogen-bond donors (Lipinski definition) is 1. The molecule has 1 spiro atoms. The Kier molecular flexibility index (Phi) is 12.1. The number of hydrogen-bond acceptors (Lipinski definition) is 8. The molecule has 4 heterocycles. The van der Waals surface area contributed by atoms with E-state index in [1.807, 2.05) is 42.8 Å². The van der Waals surface area contributed by atoms with Crippen LogP contribution in [-0.4, -0.2) is 90.5 Å². The standard InChI is InChI=1S/C45H58ClN5O6S/c1-30-7-5-9-41(55-4)38-13-10-33(38)25-51-28-45(18-6-8-31-21-35(46)12-14-39(31)45)29-57-42-15-11-32(23-40(42)51)43(52)47-58(54,27-30)48-44(53)34-22-37(49(2)24-34)26-50(3)36-16-19-56-20-17-36/h5,9,11-12,14-15,21-24,30,33,36,38,41H,6-8,10,13,16-20,25-29H2,1-4H3,(H,47,48,52,53,54)/b9-5+/t30-,33-,38+,41-,45-,58?/m0/s1. The van der Waals surface area contributed by atoms with Crippen LogP contribution in [-0.2, 0) is 44.8 Å². The van der Waals surface area contributed by atoms with Crippen LogP contribution in [0.25, 0.3) is 0 Å². The number of methoxy groups -OCH3 is 1. The Morgan fingerprint density at radius 1 is 1.14 bits per heavy atom. The van der Waals surface area contributed by atoms with Gasteiger partial charge in [-0.1, -0.05) is 36.7 Å². The van der Waals surface area contributed by atoms with E-state index in [-0.39, 0.29) is 23.2 Å². The zero-order valence-corrected chi connectivity index (χ0v) is 35.9. The van der Waals surface area contributed by atoms with Gasteiger partial charge < -0.3 is 23.7 Å². The molecule has 1 saturated heterocycles. The summed E-state index contributed by atoms with van der Waals surface area (Å²) in [6.07, 6.45) is 13.6. The largest absolute Gasteiger partial charge is 0.490 e. The molecule has 2 aliphatic carbocycles. The summed E-state index contributed by atoms with van der Waals surface area (Å²) in [5.74, 6) is 0.133. The van der Waals surface area contributed by atoms with Crippen LogP contribution in [0.4, 0.5) is 5.69 Å². The van der Waals surface area contributed by atoms with Crippen molar-refractivity contribution in [2.75, 3.05) is 57.7 Å². The molecule has 2 bridgehead atoms. The molecule has 3 aliphatic heterocycles. The van der Waals surface area contributed by atoms with Crippen LogP contribution in [0.15, 0.2) is 65.2 Å². The Morgan fingerprint density at radius 2 is 1.97 bits per heavy atom. The number of nitrogens with zero attached hydrogens (tertiary/aromatic N) is 4. The van der Waals surface area contributed by atoms with E-state index >= 15 is 0 Å². The van der Waals surface area contributed by atoms with E-state index in [4.69, 9.17) is 25.8 Å². The molecule has 2 amide bonds. The third-order valence-electron chi connectivity index (χ3n) is 13.4. The predicted octanol–water partition coefficient (Wildman–Crippen LogP) is 7.35. The SMILES string of the molecule is CO[C@H]1/C=C/C[C@H](C)CS(=O)(NC(=O)c2cc(CN(C)C3CCOCC3)n(C)c2)=NC(=O)c2ccc3c(c2)N(C[C@@H]2CC[C@H]21)C[C@@]1(CCCc2cc(Cl)ccc21)CO3. The number of allylic oxidation sites excluding steroid dienone is 1. The molecule has 1 unspecified atom stereocenters. The third kappa shape index (κ3) is 8.64. The van der Waals surface area contributed by atoms with E-state index in [0.29, 0.717) is 60.9 Å². The van der Waals surface area contributed by atoms with Crippen LogP contribution < -0.4 is 14.4 Å². The molecular weight excluding hydrogens is 774 g/mol. The number of aromatic nitrogens is 1. The van der Waals surface area contributed by atoms with Gasteiger partial charge in [0.1, 0.15) is 15.7 Å². The second-order valence-electron chi connectivity index (χ2n) is 17.5. The second kappa shape index (κ2) is 17.1. The molecule has 312 valence electrons. The molecule has 3 aromatic rings. The summed E-state index contributed by atoms with van der Waals surface area (Å²) in [6.45, 7) is 6.13. The fourth-order valence-corrected chi connectivity index (χ4v) is 12.1. The molecular formula is C45H58ClN5O6S. The smallest absolute Gasteiger partial charge is 0.286 e. The van der Waals surface area contributed by atoms with E-state index < -0.39 is 21.7 Å². The zero-order valence-electron chi connectivity index (χ0n) is 34.3. The Balaban J connectivity index is 1.13. The van der Waals surface area contributed by atoms with E-state index in [1.165, 1.54) is 11.1 Å². The van der Waals surface area contributed by atoms with Crippen molar-refractivity contribution in [1.82, 2.24) is 14.2 Å². The molecule has 1 aromatic heterocycles. The minimum absolute atomic E-state index is 0.0107. The molecule has 0 radical (unpaired) electrons. The van der Waals surface area contributed by atoms with Crippen LogP contribution in [0.1, 0.15) is 89.4 Å². The lowest BCUT2D eigenvalue weighted by atomic mass is 9.68. The number of carbonyl (C=O) groups excluding carboxylic acids is 2. The number of ether oxygens (including phenoxy) is 3. The highest BCUT2D eigenvalue weighted by Crippen LogP contribution is 2.47. The molecule has 8 rings (SSSR count). The van der Waals surface area contributed by atoms with E-state index in [1.54, 1.807) is 19.4 Å². The highest BCUT2D eigenvalue weighted by atomic mass is 35.5. The van der Waals surface area contributed by atoms with Gasteiger partial charge in [-0.25, -0.2) is 4.21 Å². The van der Waals surface area contributed by atoms with Crippen LogP contribution in [0, 0.1) is 17.8 Å². The van der Waals surface area contributed by atoms with Crippen LogP contribution in [0.2, 0.25) is 5.02 Å². The van der Waals surface area contributed by atoms with Crippen LogP contribution >= 0.6 is 11.6 Å². The number of nitrogens with one attached hydrogen (secondary N) is 1. The Labute approximate surface area is 348 Å². The van der Waals surface area contributed by atoms with E-state index in [0.717, 1.165) is 81.1 Å². The maximum atomic E-state index is 14.9. The maximum absolute atomic E-state index is 14.9. The van der Waals surface area contributed by atoms with Gasteiger partial charge in [-0.05, 0) is 124 Å². The molecule has 2 aromatic carbocycles. The Bertz CT molecular complexity index is 2170. The van der Waals surface area contributed by atoms with Crippen molar-refractivity contribution in [3.8, 4) is 5.75 Å². The highest BCUT2D eigenvalue weighted by Gasteiger charge is 2.44. The summed E-state index contributed by atoms with van der Waals surface area (Å²) in [6, 6.07) is 13.9. The average molecular weight is 833 g/mol. The van der Waals surface area contributed by atoms with Crippen molar-refractivity contribution in [3.63, 3.8) is 0 Å². The fraction of sp³-hybridized carbons (Fsp3) is 0.556. The number of anilines is 1. The van der Waals surface area contributed by atoms with Crippen molar-refractivity contribution in [2.24, 2.45) is 29.2 Å². The molecule has 6 atom stereocenters. The summed E-state index contributed by atoms with van der Waals surface area (Å²) >= 11 is 6.49. The number of fused-ring (bicyclic) bond motifs is 4. The van der Waals surface area contributed by atoms with Crippen molar-refractivity contribution in [2.45, 2.75) is 82.4 Å².